The van der Waals surface area contributed by atoms with Gasteiger partial charge in [-0.2, -0.15) is 0 Å². The number of hydrogen-bond donors (Lipinski definition) is 1. The van der Waals surface area contributed by atoms with Gasteiger partial charge in [0.2, 0.25) is 5.91 Å². The zero-order chi connectivity index (χ0) is 19.3. The van der Waals surface area contributed by atoms with Gasteiger partial charge in [-0.15, -0.1) is 0 Å². The molecule has 1 saturated heterocycles. The minimum atomic E-state index is -3.75. The quantitative estimate of drug-likeness (QED) is 0.701. The number of carbonyl (C=O) groups excluding carboxylic acids is 1. The topological polar surface area (TPSA) is 88.2 Å². The lowest BCUT2D eigenvalue weighted by molar-refractivity contribution is -0.133. The number of morpholine rings is 1. The molecule has 0 aromatic heterocycles. The predicted octanol–water partition coefficient (Wildman–Crippen LogP) is 1.45. The standard InChI is InChI=1S/C18H27N3O5S/c1-20(26-16-6-2-3-7-16)27(23,24)17-8-4-5-15(13-17)19-14-18(22)21-9-11-25-12-10-21/h4-5,8,13,16,19H,2-3,6-7,9-12,14H2,1H3. The smallest absolute Gasteiger partial charge is 0.264 e. The van der Waals surface area contributed by atoms with E-state index in [4.69, 9.17) is 9.57 Å². The first kappa shape index (κ1) is 20.1. The molecule has 1 aromatic carbocycles. The first-order valence-corrected chi connectivity index (χ1v) is 10.8. The summed E-state index contributed by atoms with van der Waals surface area (Å²) in [5, 5.41) is 3.01. The Balaban J connectivity index is 1.60. The molecular formula is C18H27N3O5S. The summed E-state index contributed by atoms with van der Waals surface area (Å²) in [4.78, 5) is 19.7. The van der Waals surface area contributed by atoms with Gasteiger partial charge in [0, 0.05) is 25.8 Å². The van der Waals surface area contributed by atoms with Gasteiger partial charge in [-0.3, -0.25) is 9.63 Å². The van der Waals surface area contributed by atoms with Crippen molar-refractivity contribution in [1.82, 2.24) is 9.37 Å². The van der Waals surface area contributed by atoms with Crippen molar-refractivity contribution in [3.8, 4) is 0 Å². The fourth-order valence-corrected chi connectivity index (χ4v) is 4.34. The molecule has 0 radical (unpaired) electrons. The number of carbonyl (C=O) groups is 1. The van der Waals surface area contributed by atoms with Crippen LogP contribution in [0.3, 0.4) is 0 Å². The largest absolute Gasteiger partial charge is 0.378 e. The molecule has 1 aliphatic heterocycles. The van der Waals surface area contributed by atoms with Crippen molar-refractivity contribution < 1.29 is 22.8 Å². The normalized spacial score (nSPS) is 18.8. The minimum absolute atomic E-state index is 0.0340. The van der Waals surface area contributed by atoms with Gasteiger partial charge >= 0.3 is 0 Å². The Kier molecular flexibility index (Phi) is 6.69. The molecule has 1 aromatic rings. The van der Waals surface area contributed by atoms with Gasteiger partial charge in [-0.25, -0.2) is 8.42 Å². The summed E-state index contributed by atoms with van der Waals surface area (Å²) in [5.41, 5.74) is 0.576. The van der Waals surface area contributed by atoms with E-state index in [-0.39, 0.29) is 23.5 Å². The molecule has 27 heavy (non-hydrogen) atoms. The van der Waals surface area contributed by atoms with E-state index in [9.17, 15) is 13.2 Å². The number of sulfonamides is 1. The third kappa shape index (κ3) is 5.19. The number of amides is 1. The molecule has 3 rings (SSSR count). The number of nitrogens with zero attached hydrogens (tertiary/aromatic N) is 2. The highest BCUT2D eigenvalue weighted by Gasteiger charge is 2.27. The Morgan fingerprint density at radius 2 is 2.00 bits per heavy atom. The van der Waals surface area contributed by atoms with Gasteiger partial charge in [0.05, 0.1) is 30.8 Å². The van der Waals surface area contributed by atoms with Crippen LogP contribution in [0.15, 0.2) is 29.2 Å². The van der Waals surface area contributed by atoms with Crippen molar-refractivity contribution in [2.45, 2.75) is 36.7 Å². The number of ether oxygens (including phenoxy) is 1. The van der Waals surface area contributed by atoms with Crippen LogP contribution in [0.1, 0.15) is 25.7 Å². The number of hydrogen-bond acceptors (Lipinski definition) is 6. The highest BCUT2D eigenvalue weighted by atomic mass is 32.2. The van der Waals surface area contributed by atoms with Gasteiger partial charge in [-0.1, -0.05) is 23.4 Å². The maximum atomic E-state index is 12.7. The fraction of sp³-hybridized carbons (Fsp3) is 0.611. The summed E-state index contributed by atoms with van der Waals surface area (Å²) in [6, 6.07) is 6.44. The number of nitrogens with one attached hydrogen (secondary N) is 1. The lowest BCUT2D eigenvalue weighted by Gasteiger charge is -2.27. The Hall–Kier alpha value is -1.68. The molecule has 1 heterocycles. The van der Waals surface area contributed by atoms with E-state index in [1.165, 1.54) is 19.2 Å². The van der Waals surface area contributed by atoms with Crippen LogP contribution in [0.4, 0.5) is 5.69 Å². The number of anilines is 1. The number of benzene rings is 1. The lowest BCUT2D eigenvalue weighted by Crippen LogP contribution is -2.43. The molecule has 1 amide bonds. The van der Waals surface area contributed by atoms with E-state index in [0.717, 1.165) is 30.2 Å². The first-order valence-electron chi connectivity index (χ1n) is 9.32. The first-order chi connectivity index (χ1) is 13.0. The van der Waals surface area contributed by atoms with Gasteiger partial charge in [-0.05, 0) is 31.0 Å². The molecule has 0 bridgehead atoms. The predicted molar refractivity (Wildman–Crippen MR) is 101 cm³/mol. The van der Waals surface area contributed by atoms with Crippen molar-refractivity contribution in [3.63, 3.8) is 0 Å². The monoisotopic (exact) mass is 397 g/mol. The summed E-state index contributed by atoms with van der Waals surface area (Å²) < 4.78 is 31.7. The van der Waals surface area contributed by atoms with Gasteiger partial charge in [0.15, 0.2) is 0 Å². The summed E-state index contributed by atoms with van der Waals surface area (Å²) >= 11 is 0. The molecule has 1 N–H and O–H groups in total. The van der Waals surface area contributed by atoms with Gasteiger partial charge in [0.1, 0.15) is 0 Å². The van der Waals surface area contributed by atoms with Crippen LogP contribution in [0, 0.1) is 0 Å². The van der Waals surface area contributed by atoms with Crippen molar-refractivity contribution in [2.75, 3.05) is 45.2 Å². The minimum Gasteiger partial charge on any atom is -0.378 e. The van der Waals surface area contributed by atoms with E-state index < -0.39 is 10.0 Å². The summed E-state index contributed by atoms with van der Waals surface area (Å²) in [7, 11) is -2.32. The van der Waals surface area contributed by atoms with Crippen LogP contribution in [0.25, 0.3) is 0 Å². The van der Waals surface area contributed by atoms with Crippen molar-refractivity contribution in [2.24, 2.45) is 0 Å². The Bertz CT molecular complexity index is 743. The summed E-state index contributed by atoms with van der Waals surface area (Å²) in [6.45, 7) is 2.37. The van der Waals surface area contributed by atoms with Crippen LogP contribution in [0.5, 0.6) is 0 Å². The van der Waals surface area contributed by atoms with E-state index in [0.29, 0.717) is 32.0 Å². The summed E-state index contributed by atoms with van der Waals surface area (Å²) in [6.07, 6.45) is 3.85. The summed E-state index contributed by atoms with van der Waals surface area (Å²) in [5.74, 6) is -0.0340. The molecule has 0 unspecified atom stereocenters. The average molecular weight is 397 g/mol. The maximum absolute atomic E-state index is 12.7. The highest BCUT2D eigenvalue weighted by molar-refractivity contribution is 7.89. The molecule has 150 valence electrons. The molecule has 9 heteroatoms. The lowest BCUT2D eigenvalue weighted by atomic mass is 10.3. The molecule has 2 fully saturated rings. The highest BCUT2D eigenvalue weighted by Crippen LogP contribution is 2.25. The maximum Gasteiger partial charge on any atom is 0.264 e. The molecule has 1 saturated carbocycles. The van der Waals surface area contributed by atoms with Crippen molar-refractivity contribution >= 4 is 21.6 Å². The second-order valence-electron chi connectivity index (χ2n) is 6.80. The number of hydroxylamine groups is 1. The zero-order valence-corrected chi connectivity index (χ0v) is 16.4. The molecule has 0 atom stereocenters. The second kappa shape index (κ2) is 9.01. The van der Waals surface area contributed by atoms with Crippen molar-refractivity contribution in [1.29, 1.82) is 0 Å². The van der Waals surface area contributed by atoms with Crippen LogP contribution in [-0.2, 0) is 24.4 Å². The molecular weight excluding hydrogens is 370 g/mol. The molecule has 1 aliphatic carbocycles. The van der Waals surface area contributed by atoms with Gasteiger partial charge in [0.25, 0.3) is 10.0 Å². The second-order valence-corrected chi connectivity index (χ2v) is 8.74. The fourth-order valence-electron chi connectivity index (χ4n) is 3.28. The Morgan fingerprint density at radius 1 is 1.30 bits per heavy atom. The van der Waals surface area contributed by atoms with Crippen LogP contribution in [0.2, 0.25) is 0 Å². The Morgan fingerprint density at radius 3 is 2.70 bits per heavy atom. The van der Waals surface area contributed by atoms with Crippen LogP contribution in [-0.4, -0.2) is 69.7 Å². The number of rotatable bonds is 7. The zero-order valence-electron chi connectivity index (χ0n) is 15.6. The third-order valence-corrected chi connectivity index (χ3v) is 6.49. The van der Waals surface area contributed by atoms with Crippen LogP contribution >= 0.6 is 0 Å². The van der Waals surface area contributed by atoms with Gasteiger partial charge < -0.3 is 15.0 Å². The molecule has 2 aliphatic rings. The SMILES string of the molecule is CN(OC1CCCC1)S(=O)(=O)c1cccc(NCC(=O)N2CCOCC2)c1. The van der Waals surface area contributed by atoms with E-state index >= 15 is 0 Å². The van der Waals surface area contributed by atoms with E-state index in [1.54, 1.807) is 17.0 Å². The third-order valence-electron chi connectivity index (χ3n) is 4.88. The van der Waals surface area contributed by atoms with Crippen LogP contribution < -0.4 is 5.32 Å². The molecule has 0 spiro atoms. The van der Waals surface area contributed by atoms with E-state index in [1.807, 2.05) is 0 Å². The molecule has 8 nitrogen and oxygen atoms in total. The van der Waals surface area contributed by atoms with E-state index in [2.05, 4.69) is 5.32 Å². The van der Waals surface area contributed by atoms with Crippen molar-refractivity contribution in [3.05, 3.63) is 24.3 Å². The Labute approximate surface area is 160 Å². The average Bonchev–Trinajstić information content (AvgIpc) is 3.20.